The molecule has 1 aliphatic carbocycles. The summed E-state index contributed by atoms with van der Waals surface area (Å²) in [6.07, 6.45) is 3.07. The second-order valence-corrected chi connectivity index (χ2v) is 6.06. The first kappa shape index (κ1) is 18.3. The Hall–Kier alpha value is -2.04. The highest BCUT2D eigenvalue weighted by Gasteiger charge is 2.21. The van der Waals surface area contributed by atoms with Crippen molar-refractivity contribution in [2.24, 2.45) is 11.7 Å². The van der Waals surface area contributed by atoms with Gasteiger partial charge in [-0.25, -0.2) is 0 Å². The van der Waals surface area contributed by atoms with Gasteiger partial charge in [-0.1, -0.05) is 30.3 Å². The van der Waals surface area contributed by atoms with Crippen LogP contribution in [0.15, 0.2) is 54.6 Å². The molecule has 0 unspecified atom stereocenters. The molecule has 5 heteroatoms. The lowest BCUT2D eigenvalue weighted by Gasteiger charge is -2.13. The molecule has 1 saturated carbocycles. The van der Waals surface area contributed by atoms with Crippen LogP contribution in [0.4, 0.5) is 5.69 Å². The number of amides is 1. The van der Waals surface area contributed by atoms with Gasteiger partial charge in [0, 0.05) is 5.69 Å². The summed E-state index contributed by atoms with van der Waals surface area (Å²) in [4.78, 5) is 12.2. The van der Waals surface area contributed by atoms with Crippen LogP contribution in [-0.2, 0) is 11.2 Å². The number of carbonyl (C=O) groups is 1. The SMILES string of the molecule is Cl.N[C@@H](Cc1ccccc1)C(=O)Nc1ccc(OCC2CC2)cc1. The van der Waals surface area contributed by atoms with Gasteiger partial charge in [0.15, 0.2) is 0 Å². The molecule has 24 heavy (non-hydrogen) atoms. The molecule has 2 aromatic rings. The van der Waals surface area contributed by atoms with E-state index in [1.165, 1.54) is 12.8 Å². The molecule has 0 radical (unpaired) electrons. The summed E-state index contributed by atoms with van der Waals surface area (Å²) in [5, 5.41) is 2.85. The molecule has 0 heterocycles. The Kier molecular flexibility index (Phi) is 6.64. The van der Waals surface area contributed by atoms with Gasteiger partial charge in [-0.3, -0.25) is 4.79 Å². The second kappa shape index (κ2) is 8.71. The first-order chi connectivity index (χ1) is 11.2. The molecule has 0 aromatic heterocycles. The number of halogens is 1. The zero-order chi connectivity index (χ0) is 16.1. The molecule has 3 rings (SSSR count). The summed E-state index contributed by atoms with van der Waals surface area (Å²) in [5.74, 6) is 1.38. The quantitative estimate of drug-likeness (QED) is 0.807. The number of nitrogens with one attached hydrogen (secondary N) is 1. The van der Waals surface area contributed by atoms with E-state index in [2.05, 4.69) is 5.32 Å². The molecule has 0 saturated heterocycles. The minimum Gasteiger partial charge on any atom is -0.493 e. The lowest BCUT2D eigenvalue weighted by molar-refractivity contribution is -0.117. The Labute approximate surface area is 148 Å². The molecule has 1 aliphatic rings. The summed E-state index contributed by atoms with van der Waals surface area (Å²) in [5.41, 5.74) is 7.77. The van der Waals surface area contributed by atoms with Gasteiger partial charge in [0.1, 0.15) is 5.75 Å². The van der Waals surface area contributed by atoms with E-state index < -0.39 is 6.04 Å². The topological polar surface area (TPSA) is 64.4 Å². The van der Waals surface area contributed by atoms with Crippen molar-refractivity contribution in [2.75, 3.05) is 11.9 Å². The van der Waals surface area contributed by atoms with Crippen LogP contribution in [0.25, 0.3) is 0 Å². The van der Waals surface area contributed by atoms with Crippen LogP contribution in [0.5, 0.6) is 5.75 Å². The number of benzene rings is 2. The van der Waals surface area contributed by atoms with Crippen molar-refractivity contribution in [2.45, 2.75) is 25.3 Å². The highest BCUT2D eigenvalue weighted by Crippen LogP contribution is 2.29. The molecule has 4 nitrogen and oxygen atoms in total. The molecule has 0 bridgehead atoms. The molecule has 1 fully saturated rings. The normalized spacial score (nSPS) is 14.4. The minimum absolute atomic E-state index is 0. The standard InChI is InChI=1S/C19H22N2O2.ClH/c20-18(12-14-4-2-1-3-5-14)19(22)21-16-8-10-17(11-9-16)23-13-15-6-7-15;/h1-5,8-11,15,18H,6-7,12-13,20H2,(H,21,22);1H/t18-;/m0./s1. The molecule has 0 spiro atoms. The maximum atomic E-state index is 12.2. The van der Waals surface area contributed by atoms with E-state index in [1.807, 2.05) is 54.6 Å². The Morgan fingerprint density at radius 1 is 1.12 bits per heavy atom. The third-order valence-corrected chi connectivity index (χ3v) is 3.94. The van der Waals surface area contributed by atoms with Crippen LogP contribution in [-0.4, -0.2) is 18.6 Å². The van der Waals surface area contributed by atoms with Crippen LogP contribution < -0.4 is 15.8 Å². The molecule has 1 amide bonds. The number of nitrogens with two attached hydrogens (primary N) is 1. The average Bonchev–Trinajstić information content (AvgIpc) is 3.39. The highest BCUT2D eigenvalue weighted by molar-refractivity contribution is 5.94. The van der Waals surface area contributed by atoms with Crippen molar-refractivity contribution in [3.8, 4) is 5.75 Å². The maximum absolute atomic E-state index is 12.2. The number of hydrogen-bond donors (Lipinski definition) is 2. The first-order valence-electron chi connectivity index (χ1n) is 8.04. The molecule has 0 aliphatic heterocycles. The maximum Gasteiger partial charge on any atom is 0.241 e. The van der Waals surface area contributed by atoms with Gasteiger partial charge < -0.3 is 15.8 Å². The highest BCUT2D eigenvalue weighted by atomic mass is 35.5. The van der Waals surface area contributed by atoms with Crippen molar-refractivity contribution in [3.63, 3.8) is 0 Å². The van der Waals surface area contributed by atoms with Gasteiger partial charge in [-0.15, -0.1) is 12.4 Å². The van der Waals surface area contributed by atoms with Crippen LogP contribution in [0, 0.1) is 5.92 Å². The zero-order valence-electron chi connectivity index (χ0n) is 13.5. The fraction of sp³-hybridized carbons (Fsp3) is 0.316. The average molecular weight is 347 g/mol. The third kappa shape index (κ3) is 5.55. The fourth-order valence-electron chi connectivity index (χ4n) is 2.33. The third-order valence-electron chi connectivity index (χ3n) is 3.94. The van der Waals surface area contributed by atoms with E-state index in [-0.39, 0.29) is 18.3 Å². The van der Waals surface area contributed by atoms with Crippen LogP contribution in [0.3, 0.4) is 0 Å². The lowest BCUT2D eigenvalue weighted by Crippen LogP contribution is -2.37. The number of ether oxygens (including phenoxy) is 1. The van der Waals surface area contributed by atoms with E-state index in [1.54, 1.807) is 0 Å². The van der Waals surface area contributed by atoms with Crippen molar-refractivity contribution >= 4 is 24.0 Å². The van der Waals surface area contributed by atoms with Gasteiger partial charge >= 0.3 is 0 Å². The van der Waals surface area contributed by atoms with Crippen molar-refractivity contribution < 1.29 is 9.53 Å². The molecular weight excluding hydrogens is 324 g/mol. The summed E-state index contributed by atoms with van der Waals surface area (Å²) in [7, 11) is 0. The van der Waals surface area contributed by atoms with Crippen LogP contribution in [0.2, 0.25) is 0 Å². The van der Waals surface area contributed by atoms with Crippen molar-refractivity contribution in [1.82, 2.24) is 0 Å². The predicted molar refractivity (Wildman–Crippen MR) is 98.7 cm³/mol. The van der Waals surface area contributed by atoms with Gasteiger partial charge in [0.05, 0.1) is 12.6 Å². The molecule has 1 atom stereocenters. The summed E-state index contributed by atoms with van der Waals surface area (Å²) >= 11 is 0. The van der Waals surface area contributed by atoms with E-state index in [0.717, 1.165) is 29.5 Å². The first-order valence-corrected chi connectivity index (χ1v) is 8.04. The summed E-state index contributed by atoms with van der Waals surface area (Å²) < 4.78 is 5.68. The van der Waals surface area contributed by atoms with Crippen LogP contribution in [0.1, 0.15) is 18.4 Å². The zero-order valence-corrected chi connectivity index (χ0v) is 14.3. The Morgan fingerprint density at radius 3 is 2.42 bits per heavy atom. The predicted octanol–water partition coefficient (Wildman–Crippen LogP) is 3.41. The number of rotatable bonds is 7. The number of anilines is 1. The van der Waals surface area contributed by atoms with E-state index in [0.29, 0.717) is 6.42 Å². The van der Waals surface area contributed by atoms with E-state index >= 15 is 0 Å². The molecular formula is C19H23ClN2O2. The Balaban J connectivity index is 0.00000208. The summed E-state index contributed by atoms with van der Waals surface area (Å²) in [6, 6.07) is 16.6. The molecule has 128 valence electrons. The number of hydrogen-bond acceptors (Lipinski definition) is 3. The van der Waals surface area contributed by atoms with Gasteiger partial charge in [-0.2, -0.15) is 0 Å². The second-order valence-electron chi connectivity index (χ2n) is 6.06. The summed E-state index contributed by atoms with van der Waals surface area (Å²) in [6.45, 7) is 0.785. The monoisotopic (exact) mass is 346 g/mol. The van der Waals surface area contributed by atoms with Gasteiger partial charge in [0.25, 0.3) is 0 Å². The number of carbonyl (C=O) groups excluding carboxylic acids is 1. The van der Waals surface area contributed by atoms with Crippen LogP contribution >= 0.6 is 12.4 Å². The largest absolute Gasteiger partial charge is 0.493 e. The Bertz CT molecular complexity index is 642. The smallest absolute Gasteiger partial charge is 0.241 e. The molecule has 2 aromatic carbocycles. The lowest BCUT2D eigenvalue weighted by atomic mass is 10.1. The Morgan fingerprint density at radius 2 is 1.79 bits per heavy atom. The van der Waals surface area contributed by atoms with Crippen molar-refractivity contribution in [1.29, 1.82) is 0 Å². The molecule has 3 N–H and O–H groups in total. The van der Waals surface area contributed by atoms with E-state index in [4.69, 9.17) is 10.5 Å². The fourth-order valence-corrected chi connectivity index (χ4v) is 2.33. The van der Waals surface area contributed by atoms with Gasteiger partial charge in [0.2, 0.25) is 5.91 Å². The minimum atomic E-state index is -0.566. The van der Waals surface area contributed by atoms with Gasteiger partial charge in [-0.05, 0) is 55.0 Å². The van der Waals surface area contributed by atoms with E-state index in [9.17, 15) is 4.79 Å². The van der Waals surface area contributed by atoms with Crippen molar-refractivity contribution in [3.05, 3.63) is 60.2 Å².